The van der Waals surface area contributed by atoms with Gasteiger partial charge in [0.2, 0.25) is 10.0 Å². The summed E-state index contributed by atoms with van der Waals surface area (Å²) in [4.78, 5) is 2.50. The lowest BCUT2D eigenvalue weighted by Crippen LogP contribution is -2.48. The minimum Gasteiger partial charge on any atom is -0.497 e. The van der Waals surface area contributed by atoms with Crippen LogP contribution in [0.5, 0.6) is 11.5 Å². The van der Waals surface area contributed by atoms with Crippen LogP contribution >= 0.6 is 11.6 Å². The molecule has 0 saturated carbocycles. The fourth-order valence-electron chi connectivity index (χ4n) is 3.38. The minimum atomic E-state index is -3.56. The van der Waals surface area contributed by atoms with Crippen LogP contribution < -0.4 is 9.47 Å². The number of hydrogen-bond acceptors (Lipinski definition) is 5. The Labute approximate surface area is 171 Å². The molecule has 8 heteroatoms. The maximum absolute atomic E-state index is 13.0. The number of benzene rings is 2. The Balaban J connectivity index is 1.70. The highest BCUT2D eigenvalue weighted by Gasteiger charge is 2.30. The second-order valence-electron chi connectivity index (χ2n) is 6.72. The lowest BCUT2D eigenvalue weighted by Gasteiger charge is -2.34. The molecule has 0 unspecified atom stereocenters. The first-order valence-electron chi connectivity index (χ1n) is 9.05. The summed E-state index contributed by atoms with van der Waals surface area (Å²) >= 11 is 6.11. The summed E-state index contributed by atoms with van der Waals surface area (Å²) in [6.07, 6.45) is 0. The van der Waals surface area contributed by atoms with Crippen LogP contribution in [-0.4, -0.2) is 58.0 Å². The molecular weight excluding hydrogens is 400 g/mol. The van der Waals surface area contributed by atoms with Crippen LogP contribution in [0.15, 0.2) is 41.3 Å². The van der Waals surface area contributed by atoms with Crippen LogP contribution in [0.2, 0.25) is 5.02 Å². The van der Waals surface area contributed by atoms with Gasteiger partial charge in [-0.2, -0.15) is 4.31 Å². The number of nitrogens with zero attached hydrogens (tertiary/aromatic N) is 2. The van der Waals surface area contributed by atoms with Crippen molar-refractivity contribution in [2.45, 2.75) is 18.4 Å². The molecule has 0 radical (unpaired) electrons. The van der Waals surface area contributed by atoms with Gasteiger partial charge in [0.05, 0.1) is 19.1 Å². The highest BCUT2D eigenvalue weighted by atomic mass is 35.5. The Hall–Kier alpha value is -1.80. The van der Waals surface area contributed by atoms with E-state index in [1.807, 2.05) is 18.2 Å². The molecule has 1 aliphatic heterocycles. The van der Waals surface area contributed by atoms with E-state index >= 15 is 0 Å². The Morgan fingerprint density at radius 3 is 2.39 bits per heavy atom. The first kappa shape index (κ1) is 20.9. The molecule has 1 heterocycles. The van der Waals surface area contributed by atoms with Crippen LogP contribution in [0.25, 0.3) is 0 Å². The van der Waals surface area contributed by atoms with Gasteiger partial charge in [-0.15, -0.1) is 0 Å². The van der Waals surface area contributed by atoms with E-state index < -0.39 is 10.0 Å². The summed E-state index contributed by atoms with van der Waals surface area (Å²) in [5.74, 6) is 1.57. The summed E-state index contributed by atoms with van der Waals surface area (Å²) in [6.45, 7) is 4.55. The van der Waals surface area contributed by atoms with Crippen LogP contribution in [0.4, 0.5) is 0 Å². The number of sulfonamides is 1. The third kappa shape index (κ3) is 4.27. The quantitative estimate of drug-likeness (QED) is 0.712. The van der Waals surface area contributed by atoms with Crippen molar-refractivity contribution in [3.05, 3.63) is 52.5 Å². The molecule has 6 nitrogen and oxygen atoms in total. The third-order valence-corrected chi connectivity index (χ3v) is 7.50. The average molecular weight is 425 g/mol. The molecule has 1 fully saturated rings. The zero-order valence-corrected chi connectivity index (χ0v) is 17.9. The fourth-order valence-corrected chi connectivity index (χ4v) is 5.28. The lowest BCUT2D eigenvalue weighted by molar-refractivity contribution is 0.180. The van der Waals surface area contributed by atoms with Crippen molar-refractivity contribution < 1.29 is 17.9 Å². The van der Waals surface area contributed by atoms with Crippen molar-refractivity contribution in [2.24, 2.45) is 0 Å². The third-order valence-electron chi connectivity index (χ3n) is 5.05. The highest BCUT2D eigenvalue weighted by Crippen LogP contribution is 2.28. The first-order valence-corrected chi connectivity index (χ1v) is 10.9. The van der Waals surface area contributed by atoms with E-state index in [0.29, 0.717) is 43.3 Å². The molecule has 1 aliphatic rings. The fraction of sp³-hybridized carbons (Fsp3) is 0.400. The monoisotopic (exact) mass is 424 g/mol. The topological polar surface area (TPSA) is 59.1 Å². The molecule has 0 aliphatic carbocycles. The van der Waals surface area contributed by atoms with Gasteiger partial charge < -0.3 is 9.47 Å². The first-order chi connectivity index (χ1) is 13.4. The normalized spacial score (nSPS) is 16.1. The van der Waals surface area contributed by atoms with Crippen molar-refractivity contribution in [1.82, 2.24) is 9.21 Å². The van der Waals surface area contributed by atoms with Gasteiger partial charge >= 0.3 is 0 Å². The van der Waals surface area contributed by atoms with E-state index in [-0.39, 0.29) is 4.90 Å². The molecule has 0 spiro atoms. The van der Waals surface area contributed by atoms with E-state index in [1.165, 1.54) is 4.31 Å². The van der Waals surface area contributed by atoms with Gasteiger partial charge in [0.25, 0.3) is 0 Å². The summed E-state index contributed by atoms with van der Waals surface area (Å²) < 4.78 is 38.3. The molecule has 0 bridgehead atoms. The van der Waals surface area contributed by atoms with Gasteiger partial charge in [-0.1, -0.05) is 17.7 Å². The molecule has 1 saturated heterocycles. The number of hydrogen-bond donors (Lipinski definition) is 0. The molecule has 0 amide bonds. The second-order valence-corrected chi connectivity index (χ2v) is 9.03. The van der Waals surface area contributed by atoms with Crippen molar-refractivity contribution in [3.8, 4) is 11.5 Å². The molecular formula is C20H25ClN2O4S. The molecule has 152 valence electrons. The largest absolute Gasteiger partial charge is 0.497 e. The predicted octanol–water partition coefficient (Wildman–Crippen LogP) is 3.17. The van der Waals surface area contributed by atoms with Crippen LogP contribution in [0.1, 0.15) is 11.1 Å². The van der Waals surface area contributed by atoms with Gasteiger partial charge in [0, 0.05) is 43.3 Å². The molecule has 28 heavy (non-hydrogen) atoms. The number of methoxy groups -OCH3 is 2. The average Bonchev–Trinajstić information content (AvgIpc) is 2.70. The maximum atomic E-state index is 13.0. The molecule has 0 atom stereocenters. The summed E-state index contributed by atoms with van der Waals surface area (Å²) in [5.41, 5.74) is 1.61. The molecule has 2 aromatic carbocycles. The van der Waals surface area contributed by atoms with Gasteiger partial charge in [0.1, 0.15) is 11.5 Å². The van der Waals surface area contributed by atoms with Gasteiger partial charge in [-0.3, -0.25) is 4.90 Å². The van der Waals surface area contributed by atoms with E-state index in [9.17, 15) is 8.42 Å². The van der Waals surface area contributed by atoms with E-state index in [4.69, 9.17) is 21.1 Å². The minimum absolute atomic E-state index is 0.280. The molecule has 0 N–H and O–H groups in total. The zero-order valence-electron chi connectivity index (χ0n) is 16.3. The Morgan fingerprint density at radius 2 is 1.75 bits per heavy atom. The number of rotatable bonds is 6. The van der Waals surface area contributed by atoms with Gasteiger partial charge in [0.15, 0.2) is 0 Å². The highest BCUT2D eigenvalue weighted by molar-refractivity contribution is 7.89. The van der Waals surface area contributed by atoms with Crippen molar-refractivity contribution >= 4 is 21.6 Å². The Morgan fingerprint density at radius 1 is 1.04 bits per heavy atom. The Bertz CT molecular complexity index is 941. The molecule has 0 aromatic heterocycles. The molecule has 2 aromatic rings. The van der Waals surface area contributed by atoms with Crippen molar-refractivity contribution in [2.75, 3.05) is 40.4 Å². The second kappa shape index (κ2) is 8.69. The summed E-state index contributed by atoms with van der Waals surface area (Å²) in [6, 6.07) is 10.7. The number of piperazine rings is 1. The van der Waals surface area contributed by atoms with Crippen molar-refractivity contribution in [1.29, 1.82) is 0 Å². The zero-order chi connectivity index (χ0) is 20.3. The van der Waals surface area contributed by atoms with Crippen LogP contribution in [0.3, 0.4) is 0 Å². The van der Waals surface area contributed by atoms with Crippen LogP contribution in [0, 0.1) is 6.92 Å². The van der Waals surface area contributed by atoms with Crippen LogP contribution in [-0.2, 0) is 16.6 Å². The smallest absolute Gasteiger partial charge is 0.243 e. The Kier molecular flexibility index (Phi) is 6.50. The number of ether oxygens (including phenoxy) is 2. The van der Waals surface area contributed by atoms with Gasteiger partial charge in [-0.05, 0) is 42.8 Å². The lowest BCUT2D eigenvalue weighted by atomic mass is 10.1. The summed E-state index contributed by atoms with van der Waals surface area (Å²) in [7, 11) is -0.283. The maximum Gasteiger partial charge on any atom is 0.243 e. The van der Waals surface area contributed by atoms with E-state index in [0.717, 1.165) is 17.1 Å². The molecule has 3 rings (SSSR count). The standard InChI is InChI=1S/C20H25ClN2O4S/c1-15-18(21)5-4-6-20(15)28(24,25)23-11-9-22(10-12-23)14-16-13-17(26-2)7-8-19(16)27-3/h4-8,13H,9-12,14H2,1-3H3. The summed E-state index contributed by atoms with van der Waals surface area (Å²) in [5, 5.41) is 0.463. The number of halogens is 1. The van der Waals surface area contributed by atoms with Gasteiger partial charge in [-0.25, -0.2) is 8.42 Å². The van der Waals surface area contributed by atoms with E-state index in [2.05, 4.69) is 4.90 Å². The predicted molar refractivity (Wildman–Crippen MR) is 110 cm³/mol. The van der Waals surface area contributed by atoms with E-state index in [1.54, 1.807) is 39.3 Å². The SMILES string of the molecule is COc1ccc(OC)c(CN2CCN(S(=O)(=O)c3cccc(Cl)c3C)CC2)c1. The van der Waals surface area contributed by atoms with Crippen molar-refractivity contribution in [3.63, 3.8) is 0 Å².